The summed E-state index contributed by atoms with van der Waals surface area (Å²) >= 11 is 0. The number of ether oxygens (including phenoxy) is 1. The number of amides is 1. The highest BCUT2D eigenvalue weighted by Crippen LogP contribution is 2.11. The number of rotatable bonds is 9. The van der Waals surface area contributed by atoms with E-state index in [1.165, 1.54) is 0 Å². The molecule has 0 saturated heterocycles. The van der Waals surface area contributed by atoms with Gasteiger partial charge in [-0.3, -0.25) is 4.79 Å². The molecule has 0 aliphatic rings. The summed E-state index contributed by atoms with van der Waals surface area (Å²) in [5, 5.41) is 3.03. The first-order valence-corrected chi connectivity index (χ1v) is 7.71. The summed E-state index contributed by atoms with van der Waals surface area (Å²) in [5.41, 5.74) is 5.71. The van der Waals surface area contributed by atoms with Crippen LogP contribution in [-0.2, 0) is 4.79 Å². The van der Waals surface area contributed by atoms with Crippen LogP contribution in [0.1, 0.15) is 33.6 Å². The standard InChI is InChI=1S/C17H28N2O2.ClH/c1-13(2)11-15(12-18)19-17(20)14(3)9-10-21-16-7-5-4-6-8-16;/h4-8,13-15H,9-12,18H2,1-3H3,(H,19,20);1H. The van der Waals surface area contributed by atoms with Crippen molar-refractivity contribution in [3.8, 4) is 5.75 Å². The molecule has 0 radical (unpaired) electrons. The van der Waals surface area contributed by atoms with Crippen molar-refractivity contribution in [2.24, 2.45) is 17.6 Å². The van der Waals surface area contributed by atoms with Crippen molar-refractivity contribution >= 4 is 18.3 Å². The highest BCUT2D eigenvalue weighted by molar-refractivity contribution is 5.85. The number of nitrogens with one attached hydrogen (secondary N) is 1. The summed E-state index contributed by atoms with van der Waals surface area (Å²) < 4.78 is 5.62. The molecule has 5 heteroatoms. The minimum absolute atomic E-state index is 0. The van der Waals surface area contributed by atoms with Gasteiger partial charge in [-0.1, -0.05) is 39.0 Å². The number of hydrogen-bond donors (Lipinski definition) is 2. The van der Waals surface area contributed by atoms with Crippen molar-refractivity contribution in [2.75, 3.05) is 13.2 Å². The van der Waals surface area contributed by atoms with Crippen LogP contribution < -0.4 is 15.8 Å². The maximum atomic E-state index is 12.1. The molecule has 0 heterocycles. The van der Waals surface area contributed by atoms with Gasteiger partial charge in [0, 0.05) is 18.5 Å². The van der Waals surface area contributed by atoms with E-state index >= 15 is 0 Å². The van der Waals surface area contributed by atoms with Crippen LogP contribution in [0.5, 0.6) is 5.75 Å². The van der Waals surface area contributed by atoms with E-state index in [9.17, 15) is 4.79 Å². The van der Waals surface area contributed by atoms with Crippen LogP contribution >= 0.6 is 12.4 Å². The van der Waals surface area contributed by atoms with Gasteiger partial charge in [-0.15, -0.1) is 12.4 Å². The molecule has 3 N–H and O–H groups in total. The van der Waals surface area contributed by atoms with Gasteiger partial charge in [-0.2, -0.15) is 0 Å². The number of nitrogens with two attached hydrogens (primary N) is 1. The third-order valence-corrected chi connectivity index (χ3v) is 3.40. The Bertz CT molecular complexity index is 412. The van der Waals surface area contributed by atoms with Crippen molar-refractivity contribution in [3.63, 3.8) is 0 Å². The lowest BCUT2D eigenvalue weighted by molar-refractivity contribution is -0.125. The molecule has 22 heavy (non-hydrogen) atoms. The second-order valence-corrected chi connectivity index (χ2v) is 5.92. The topological polar surface area (TPSA) is 64.3 Å². The molecule has 0 aliphatic heterocycles. The molecule has 4 nitrogen and oxygen atoms in total. The zero-order valence-electron chi connectivity index (χ0n) is 13.7. The lowest BCUT2D eigenvalue weighted by Crippen LogP contribution is -2.43. The van der Waals surface area contributed by atoms with E-state index in [0.29, 0.717) is 25.5 Å². The summed E-state index contributed by atoms with van der Waals surface area (Å²) in [7, 11) is 0. The van der Waals surface area contributed by atoms with Crippen LogP contribution in [0.15, 0.2) is 30.3 Å². The van der Waals surface area contributed by atoms with Gasteiger partial charge in [0.05, 0.1) is 6.61 Å². The number of carbonyl (C=O) groups excluding carboxylic acids is 1. The number of halogens is 1. The zero-order chi connectivity index (χ0) is 15.7. The Morgan fingerprint density at radius 2 is 1.86 bits per heavy atom. The van der Waals surface area contributed by atoms with Crippen LogP contribution in [-0.4, -0.2) is 25.1 Å². The number of para-hydroxylation sites is 1. The average molecular weight is 329 g/mol. The second-order valence-electron chi connectivity index (χ2n) is 5.92. The highest BCUT2D eigenvalue weighted by Gasteiger charge is 2.17. The Balaban J connectivity index is 0.00000441. The van der Waals surface area contributed by atoms with Crippen LogP contribution in [0.25, 0.3) is 0 Å². The molecule has 1 rings (SSSR count). The molecule has 0 aromatic heterocycles. The van der Waals surface area contributed by atoms with Gasteiger partial charge in [-0.25, -0.2) is 0 Å². The van der Waals surface area contributed by atoms with Gasteiger partial charge >= 0.3 is 0 Å². The average Bonchev–Trinajstić information content (AvgIpc) is 2.46. The van der Waals surface area contributed by atoms with Crippen LogP contribution in [0.4, 0.5) is 0 Å². The Hall–Kier alpha value is -1.26. The Labute approximate surface area is 140 Å². The largest absolute Gasteiger partial charge is 0.494 e. The molecule has 0 aliphatic carbocycles. The second kappa shape index (κ2) is 11.3. The number of benzene rings is 1. The number of hydrogen-bond acceptors (Lipinski definition) is 3. The lowest BCUT2D eigenvalue weighted by Gasteiger charge is -2.21. The van der Waals surface area contributed by atoms with E-state index in [1.54, 1.807) is 0 Å². The fourth-order valence-corrected chi connectivity index (χ4v) is 2.13. The van der Waals surface area contributed by atoms with Crippen LogP contribution in [0.2, 0.25) is 0 Å². The summed E-state index contributed by atoms with van der Waals surface area (Å²) in [4.78, 5) is 12.1. The first kappa shape index (κ1) is 20.7. The Morgan fingerprint density at radius 1 is 1.23 bits per heavy atom. The van der Waals surface area contributed by atoms with Gasteiger partial charge in [0.2, 0.25) is 5.91 Å². The lowest BCUT2D eigenvalue weighted by atomic mass is 10.0. The smallest absolute Gasteiger partial charge is 0.223 e. The van der Waals surface area contributed by atoms with Crippen LogP contribution in [0.3, 0.4) is 0 Å². The summed E-state index contributed by atoms with van der Waals surface area (Å²) in [6.45, 7) is 7.21. The Kier molecular flexibility index (Phi) is 10.7. The zero-order valence-corrected chi connectivity index (χ0v) is 14.6. The molecule has 2 atom stereocenters. The molecule has 2 unspecified atom stereocenters. The van der Waals surface area contributed by atoms with Crippen molar-refractivity contribution < 1.29 is 9.53 Å². The van der Waals surface area contributed by atoms with Gasteiger partial charge in [0.1, 0.15) is 5.75 Å². The van der Waals surface area contributed by atoms with Crippen molar-refractivity contribution in [2.45, 2.75) is 39.7 Å². The normalized spacial score (nSPS) is 13.1. The molecular formula is C17H29ClN2O2. The molecule has 1 aromatic rings. The maximum absolute atomic E-state index is 12.1. The minimum atomic E-state index is -0.0741. The predicted molar refractivity (Wildman–Crippen MR) is 93.4 cm³/mol. The van der Waals surface area contributed by atoms with E-state index in [1.807, 2.05) is 37.3 Å². The van der Waals surface area contributed by atoms with Gasteiger partial charge in [0.15, 0.2) is 0 Å². The maximum Gasteiger partial charge on any atom is 0.223 e. The van der Waals surface area contributed by atoms with Crippen LogP contribution in [0, 0.1) is 11.8 Å². The fraction of sp³-hybridized carbons (Fsp3) is 0.588. The van der Waals surface area contributed by atoms with E-state index in [-0.39, 0.29) is 30.3 Å². The van der Waals surface area contributed by atoms with Crippen molar-refractivity contribution in [1.82, 2.24) is 5.32 Å². The molecule has 0 spiro atoms. The number of carbonyl (C=O) groups is 1. The first-order valence-electron chi connectivity index (χ1n) is 7.71. The monoisotopic (exact) mass is 328 g/mol. The van der Waals surface area contributed by atoms with Gasteiger partial charge < -0.3 is 15.8 Å². The summed E-state index contributed by atoms with van der Waals surface area (Å²) in [5.74, 6) is 1.35. The summed E-state index contributed by atoms with van der Waals surface area (Å²) in [6, 6.07) is 9.71. The highest BCUT2D eigenvalue weighted by atomic mass is 35.5. The van der Waals surface area contributed by atoms with Crippen molar-refractivity contribution in [3.05, 3.63) is 30.3 Å². The summed E-state index contributed by atoms with van der Waals surface area (Å²) in [6.07, 6.45) is 1.61. The van der Waals surface area contributed by atoms with E-state index in [0.717, 1.165) is 12.2 Å². The van der Waals surface area contributed by atoms with Crippen molar-refractivity contribution in [1.29, 1.82) is 0 Å². The molecule has 0 fully saturated rings. The Morgan fingerprint density at radius 3 is 2.41 bits per heavy atom. The van der Waals surface area contributed by atoms with E-state index < -0.39 is 0 Å². The molecule has 1 aromatic carbocycles. The molecule has 0 bridgehead atoms. The van der Waals surface area contributed by atoms with E-state index in [2.05, 4.69) is 19.2 Å². The third-order valence-electron chi connectivity index (χ3n) is 3.40. The SMILES string of the molecule is CC(C)CC(CN)NC(=O)C(C)CCOc1ccccc1.Cl. The van der Waals surface area contributed by atoms with Gasteiger partial charge in [-0.05, 0) is 30.9 Å². The quantitative estimate of drug-likeness (QED) is 0.732. The fourth-order valence-electron chi connectivity index (χ4n) is 2.13. The van der Waals surface area contributed by atoms with E-state index in [4.69, 9.17) is 10.5 Å². The molecule has 126 valence electrons. The molecule has 0 saturated carbocycles. The predicted octanol–water partition coefficient (Wildman–Crippen LogP) is 3.00. The van der Waals surface area contributed by atoms with Gasteiger partial charge in [0.25, 0.3) is 0 Å². The first-order chi connectivity index (χ1) is 10.0. The molecule has 1 amide bonds. The third kappa shape index (κ3) is 8.25. The minimum Gasteiger partial charge on any atom is -0.494 e. The molecular weight excluding hydrogens is 300 g/mol.